The molecule has 9 rings (SSSR count). The number of H-pyrrole nitrogens is 1. The molecule has 2 aromatic rings. The highest BCUT2D eigenvalue weighted by Crippen LogP contribution is 2.70. The van der Waals surface area contributed by atoms with Gasteiger partial charge in [0.15, 0.2) is 6.10 Å². The quantitative estimate of drug-likeness (QED) is 0.222. The van der Waals surface area contributed by atoms with Gasteiger partial charge in [-0.05, 0) is 73.6 Å². The second kappa shape index (κ2) is 14.7. The van der Waals surface area contributed by atoms with E-state index in [2.05, 4.69) is 46.0 Å². The highest BCUT2D eigenvalue weighted by atomic mass is 16.6. The van der Waals surface area contributed by atoms with Crippen LogP contribution in [0.25, 0.3) is 10.9 Å². The molecule has 3 fully saturated rings. The van der Waals surface area contributed by atoms with Crippen LogP contribution in [0.2, 0.25) is 0 Å². The van der Waals surface area contributed by atoms with E-state index in [-0.39, 0.29) is 12.0 Å². The average molecular weight is 839 g/mol. The van der Waals surface area contributed by atoms with Crippen LogP contribution in [0.1, 0.15) is 68.1 Å². The van der Waals surface area contributed by atoms with Crippen molar-refractivity contribution in [1.29, 1.82) is 0 Å². The largest absolute Gasteiger partial charge is 0.468 e. The fourth-order valence-electron chi connectivity index (χ4n) is 13.6. The molecule has 0 radical (unpaired) electrons. The number of aliphatic hydroxyl groups is 1. The Hall–Kier alpha value is -4.76. The lowest BCUT2D eigenvalue weighted by molar-refractivity contribution is -0.243. The molecule has 11 atom stereocenters. The summed E-state index contributed by atoms with van der Waals surface area (Å²) in [5.74, 6) is -3.02. The molecule has 1 saturated carbocycles. The predicted octanol–water partition coefficient (Wildman–Crippen LogP) is 4.18. The number of allylic oxidation sites excluding steroid dienone is 1. The van der Waals surface area contributed by atoms with E-state index in [1.165, 1.54) is 33.8 Å². The van der Waals surface area contributed by atoms with Gasteiger partial charge in [0.1, 0.15) is 5.41 Å². The number of carbonyl (C=O) groups is 4. The average Bonchev–Trinajstić information content (AvgIpc) is 3.91. The van der Waals surface area contributed by atoms with Gasteiger partial charge in [-0.3, -0.25) is 19.4 Å². The number of ether oxygens (including phenoxy) is 5. The second-order valence-electron chi connectivity index (χ2n) is 18.2. The summed E-state index contributed by atoms with van der Waals surface area (Å²) in [6.07, 6.45) is 11.0. The van der Waals surface area contributed by atoms with Crippen molar-refractivity contribution < 1.29 is 48.0 Å². The maximum Gasteiger partial charge on any atom is 0.344 e. The van der Waals surface area contributed by atoms with Gasteiger partial charge in [0.25, 0.3) is 0 Å². The van der Waals surface area contributed by atoms with E-state index < -0.39 is 69.9 Å². The minimum atomic E-state index is -2.30. The van der Waals surface area contributed by atoms with Gasteiger partial charge in [0.05, 0.1) is 39.0 Å². The number of nitrogens with zero attached hydrogens (tertiary/aromatic N) is 3. The topological polar surface area (TPSA) is 160 Å². The first-order chi connectivity index (χ1) is 29.2. The van der Waals surface area contributed by atoms with E-state index in [4.69, 9.17) is 23.7 Å². The number of hydrogen-bond donors (Lipinski definition) is 2. The number of carbonyl (C=O) groups excluding carboxylic acids is 4. The van der Waals surface area contributed by atoms with Crippen LogP contribution in [-0.2, 0) is 50.0 Å². The molecule has 1 aromatic carbocycles. The third kappa shape index (κ3) is 5.47. The molecule has 2 N–H and O–H groups in total. The molecule has 61 heavy (non-hydrogen) atoms. The molecule has 2 aliphatic carbocycles. The maximum atomic E-state index is 15.4. The third-order valence-corrected chi connectivity index (χ3v) is 15.7. The zero-order chi connectivity index (χ0) is 43.4. The summed E-state index contributed by atoms with van der Waals surface area (Å²) in [7, 11) is 7.57. The van der Waals surface area contributed by atoms with E-state index in [0.717, 1.165) is 40.7 Å². The van der Waals surface area contributed by atoms with Gasteiger partial charge in [-0.2, -0.15) is 0 Å². The Bertz CT molecular complexity index is 2330. The monoisotopic (exact) mass is 838 g/mol. The number of nitrogens with one attached hydrogen (secondary N) is 1. The van der Waals surface area contributed by atoms with E-state index in [0.29, 0.717) is 56.7 Å². The Morgan fingerprint density at radius 1 is 0.967 bits per heavy atom. The highest BCUT2D eigenvalue weighted by molar-refractivity contribution is 5.97. The number of likely N-dealkylation sites (tertiary alicyclic amines) is 1. The van der Waals surface area contributed by atoms with Crippen LogP contribution in [0.4, 0.5) is 0 Å². The molecule has 1 spiro atoms. The number of fused-ring (bicyclic) bond motifs is 6. The standard InChI is InChI=1S/C47H58N4O10/c1-9-27-18-28-22-46(42(54)59-7,37-31(25-50(23-27)24-28)30-19-29(38(53)58-6)12-13-34(30)48-37)33-20-32-35(21-36(33)57-5)49(4)40-45(32)15-17-51-16-11-14-44(10-2,39(45)51)41(61-26(3)52)47(40,56)43(55)60-8/h11-14,18-21,28,33,36,39-41,48,56H,9-10,15-17,22-25H2,1-8H3/t28-,33?,36?,39+,40-,41-,44-,45-,46+,47+/m1/s1. The Morgan fingerprint density at radius 2 is 1.74 bits per heavy atom. The zero-order valence-electron chi connectivity index (χ0n) is 36.4. The molecule has 0 amide bonds. The van der Waals surface area contributed by atoms with Crippen LogP contribution < -0.4 is 0 Å². The molecular formula is C47H58N4O10. The molecule has 14 heteroatoms. The number of likely N-dealkylation sites (N-methyl/N-ethyl adjacent to an activating group) is 1. The number of hydrogen-bond acceptors (Lipinski definition) is 13. The molecule has 2 saturated heterocycles. The lowest BCUT2D eigenvalue weighted by Crippen LogP contribution is -2.79. The Morgan fingerprint density at radius 3 is 2.41 bits per heavy atom. The molecule has 326 valence electrons. The van der Waals surface area contributed by atoms with Gasteiger partial charge in [0.2, 0.25) is 5.60 Å². The summed E-state index contributed by atoms with van der Waals surface area (Å²) in [5.41, 5.74) is 0.250. The highest BCUT2D eigenvalue weighted by Gasteiger charge is 2.81. The van der Waals surface area contributed by atoms with Gasteiger partial charge in [-0.15, -0.1) is 0 Å². The van der Waals surface area contributed by atoms with Crippen molar-refractivity contribution in [3.8, 4) is 0 Å². The molecule has 2 bridgehead atoms. The normalized spacial score (nSPS) is 37.2. The lowest BCUT2D eigenvalue weighted by Gasteiger charge is -2.63. The van der Waals surface area contributed by atoms with Crippen LogP contribution in [0.5, 0.6) is 0 Å². The Kier molecular flexibility index (Phi) is 10.0. The smallest absolute Gasteiger partial charge is 0.344 e. The number of esters is 4. The van der Waals surface area contributed by atoms with Crippen molar-refractivity contribution in [2.24, 2.45) is 22.7 Å². The first-order valence-corrected chi connectivity index (χ1v) is 21.6. The fraction of sp³-hybridized carbons (Fsp3) is 0.574. The van der Waals surface area contributed by atoms with Crippen molar-refractivity contribution in [2.45, 2.75) is 88.3 Å². The zero-order valence-corrected chi connectivity index (χ0v) is 36.4. The summed E-state index contributed by atoms with van der Waals surface area (Å²) in [6.45, 7) is 8.81. The van der Waals surface area contributed by atoms with Crippen LogP contribution in [0.15, 0.2) is 65.4 Å². The van der Waals surface area contributed by atoms with E-state index in [9.17, 15) is 19.5 Å². The van der Waals surface area contributed by atoms with Gasteiger partial charge in [0, 0.05) is 92.3 Å². The molecule has 1 aromatic heterocycles. The summed E-state index contributed by atoms with van der Waals surface area (Å²) in [6, 6.07) is 4.23. The van der Waals surface area contributed by atoms with Crippen molar-refractivity contribution in [2.75, 3.05) is 61.7 Å². The van der Waals surface area contributed by atoms with Crippen molar-refractivity contribution in [1.82, 2.24) is 19.7 Å². The van der Waals surface area contributed by atoms with Crippen LogP contribution in [-0.4, -0.2) is 140 Å². The van der Waals surface area contributed by atoms with Crippen LogP contribution >= 0.6 is 0 Å². The number of methoxy groups -OCH3 is 4. The third-order valence-electron chi connectivity index (χ3n) is 15.7. The number of aromatic nitrogens is 1. The first-order valence-electron chi connectivity index (χ1n) is 21.6. The Labute approximate surface area is 356 Å². The predicted molar refractivity (Wildman–Crippen MR) is 224 cm³/mol. The molecule has 6 heterocycles. The molecule has 7 aliphatic rings. The van der Waals surface area contributed by atoms with Gasteiger partial charge in [-0.1, -0.05) is 43.7 Å². The van der Waals surface area contributed by atoms with Crippen LogP contribution in [0, 0.1) is 22.7 Å². The van der Waals surface area contributed by atoms with Crippen LogP contribution in [0.3, 0.4) is 0 Å². The number of rotatable bonds is 8. The minimum Gasteiger partial charge on any atom is -0.468 e. The maximum absolute atomic E-state index is 15.4. The van der Waals surface area contributed by atoms with Crippen molar-refractivity contribution >= 4 is 34.8 Å². The lowest BCUT2D eigenvalue weighted by atomic mass is 9.47. The summed E-state index contributed by atoms with van der Waals surface area (Å²) in [5, 5.41) is 14.2. The number of benzene rings is 1. The Balaban J connectivity index is 1.34. The van der Waals surface area contributed by atoms with Crippen molar-refractivity contribution in [3.63, 3.8) is 0 Å². The molecule has 14 nitrogen and oxygen atoms in total. The summed E-state index contributed by atoms with van der Waals surface area (Å²) < 4.78 is 29.2. The molecular weight excluding hydrogens is 781 g/mol. The van der Waals surface area contributed by atoms with Gasteiger partial charge < -0.3 is 38.7 Å². The van der Waals surface area contributed by atoms with Crippen molar-refractivity contribution in [3.05, 3.63) is 82.2 Å². The SMILES string of the molecule is CCC1=C[C@H]2CN(C1)Cc1c([nH]c3ccc(C(=O)OC)cc13)[C@@](C(=O)OC)(C1C=C3C(=CC1OC)N(C)[C@H]1[C@@](O)(C(=O)OC)[C@H](OC(C)=O)[C@]4(CC)C=CCN5CC[C@]31[C@@H]54)C2. The first kappa shape index (κ1) is 41.6. The van der Waals surface area contributed by atoms with E-state index >= 15 is 4.79 Å². The fourth-order valence-corrected chi connectivity index (χ4v) is 13.6. The number of aromatic amines is 1. The summed E-state index contributed by atoms with van der Waals surface area (Å²) >= 11 is 0. The second-order valence-corrected chi connectivity index (χ2v) is 18.2. The van der Waals surface area contributed by atoms with Gasteiger partial charge >= 0.3 is 23.9 Å². The van der Waals surface area contributed by atoms with E-state index in [1.807, 2.05) is 37.1 Å². The van der Waals surface area contributed by atoms with E-state index in [1.54, 1.807) is 13.2 Å². The molecule has 3 unspecified atom stereocenters. The van der Waals surface area contributed by atoms with Gasteiger partial charge in [-0.25, -0.2) is 9.59 Å². The molecule has 5 aliphatic heterocycles. The summed E-state index contributed by atoms with van der Waals surface area (Å²) in [4.78, 5) is 66.2. The minimum absolute atomic E-state index is 0.0202.